The molecular formula is C16H17FN2O. The van der Waals surface area contributed by atoms with E-state index in [9.17, 15) is 9.18 Å². The van der Waals surface area contributed by atoms with Gasteiger partial charge in [0.05, 0.1) is 5.56 Å². The number of hydrogen-bond donors (Lipinski definition) is 1. The normalized spacial score (nSPS) is 14.3. The van der Waals surface area contributed by atoms with Gasteiger partial charge in [-0.2, -0.15) is 0 Å². The Hall–Kier alpha value is -2.10. The largest absolute Gasteiger partial charge is 0.345 e. The fourth-order valence-electron chi connectivity index (χ4n) is 2.67. The van der Waals surface area contributed by atoms with Crippen molar-refractivity contribution in [3.05, 3.63) is 53.1 Å². The van der Waals surface area contributed by atoms with Crippen molar-refractivity contribution < 1.29 is 9.18 Å². The Kier molecular flexibility index (Phi) is 3.08. The minimum absolute atomic E-state index is 0.185. The van der Waals surface area contributed by atoms with E-state index in [0.717, 1.165) is 11.4 Å². The van der Waals surface area contributed by atoms with E-state index < -0.39 is 0 Å². The zero-order valence-corrected chi connectivity index (χ0v) is 11.6. The number of carbonyl (C=O) groups excluding carboxylic acids is 1. The highest BCUT2D eigenvalue weighted by Crippen LogP contribution is 2.38. The van der Waals surface area contributed by atoms with Crippen LogP contribution in [-0.2, 0) is 0 Å². The molecule has 104 valence electrons. The maximum absolute atomic E-state index is 13.1. The lowest BCUT2D eigenvalue weighted by molar-refractivity contribution is 0.102. The van der Waals surface area contributed by atoms with E-state index in [1.54, 1.807) is 12.1 Å². The number of aromatic nitrogens is 1. The summed E-state index contributed by atoms with van der Waals surface area (Å²) in [6.07, 6.45) is 2.36. The smallest absolute Gasteiger partial charge is 0.257 e. The van der Waals surface area contributed by atoms with Crippen molar-refractivity contribution >= 4 is 11.6 Å². The average molecular weight is 272 g/mol. The summed E-state index contributed by atoms with van der Waals surface area (Å²) >= 11 is 0. The summed E-state index contributed by atoms with van der Waals surface area (Å²) in [4.78, 5) is 12.3. The third kappa shape index (κ3) is 2.33. The highest BCUT2D eigenvalue weighted by atomic mass is 19.1. The SMILES string of the molecule is Cc1cc(C(=O)Nc2cccc(F)c2)c(C)n1C1CC1. The number of carbonyl (C=O) groups is 1. The predicted octanol–water partition coefficient (Wildman–Crippen LogP) is 3.83. The Bertz CT molecular complexity index is 671. The molecule has 0 bridgehead atoms. The minimum Gasteiger partial charge on any atom is -0.345 e. The Morgan fingerprint density at radius 2 is 2.05 bits per heavy atom. The molecule has 1 saturated carbocycles. The number of benzene rings is 1. The molecule has 1 amide bonds. The van der Waals surface area contributed by atoms with E-state index in [0.29, 0.717) is 17.3 Å². The van der Waals surface area contributed by atoms with Crippen LogP contribution in [0.15, 0.2) is 30.3 Å². The molecule has 4 heteroatoms. The van der Waals surface area contributed by atoms with Crippen LogP contribution in [0.5, 0.6) is 0 Å². The molecule has 1 aliphatic carbocycles. The molecule has 0 atom stereocenters. The zero-order valence-electron chi connectivity index (χ0n) is 11.6. The fourth-order valence-corrected chi connectivity index (χ4v) is 2.67. The van der Waals surface area contributed by atoms with Gasteiger partial charge in [0.2, 0.25) is 0 Å². The first-order chi connectivity index (χ1) is 9.56. The summed E-state index contributed by atoms with van der Waals surface area (Å²) in [5.41, 5.74) is 3.23. The summed E-state index contributed by atoms with van der Waals surface area (Å²) < 4.78 is 15.3. The van der Waals surface area contributed by atoms with E-state index in [1.165, 1.54) is 25.0 Å². The number of amides is 1. The van der Waals surface area contributed by atoms with E-state index in [-0.39, 0.29) is 11.7 Å². The molecule has 1 N–H and O–H groups in total. The summed E-state index contributed by atoms with van der Waals surface area (Å²) in [6, 6.07) is 8.39. The lowest BCUT2D eigenvalue weighted by Crippen LogP contribution is -2.13. The van der Waals surface area contributed by atoms with E-state index in [1.807, 2.05) is 19.9 Å². The van der Waals surface area contributed by atoms with Gasteiger partial charge in [-0.05, 0) is 51.0 Å². The van der Waals surface area contributed by atoms with Gasteiger partial charge >= 0.3 is 0 Å². The van der Waals surface area contributed by atoms with Crippen LogP contribution in [0.25, 0.3) is 0 Å². The van der Waals surface area contributed by atoms with Crippen molar-refractivity contribution in [3.63, 3.8) is 0 Å². The number of nitrogens with one attached hydrogen (secondary N) is 1. The molecule has 1 aromatic heterocycles. The second kappa shape index (κ2) is 4.78. The van der Waals surface area contributed by atoms with Gasteiger partial charge in [-0.1, -0.05) is 6.07 Å². The number of anilines is 1. The van der Waals surface area contributed by atoms with Crippen LogP contribution in [-0.4, -0.2) is 10.5 Å². The van der Waals surface area contributed by atoms with Crippen LogP contribution in [0.4, 0.5) is 10.1 Å². The Morgan fingerprint density at radius 1 is 1.30 bits per heavy atom. The first-order valence-corrected chi connectivity index (χ1v) is 6.81. The number of rotatable bonds is 3. The van der Waals surface area contributed by atoms with Gasteiger partial charge in [-0.25, -0.2) is 4.39 Å². The Balaban J connectivity index is 1.86. The van der Waals surface area contributed by atoms with Crippen LogP contribution < -0.4 is 5.32 Å². The minimum atomic E-state index is -0.355. The molecule has 0 spiro atoms. The molecule has 20 heavy (non-hydrogen) atoms. The van der Waals surface area contributed by atoms with Crippen molar-refractivity contribution in [2.24, 2.45) is 0 Å². The van der Waals surface area contributed by atoms with Crippen LogP contribution in [0, 0.1) is 19.7 Å². The fraction of sp³-hybridized carbons (Fsp3) is 0.312. The number of halogens is 1. The van der Waals surface area contributed by atoms with Crippen molar-refractivity contribution in [3.8, 4) is 0 Å². The van der Waals surface area contributed by atoms with Crippen LogP contribution in [0.1, 0.15) is 40.6 Å². The molecule has 1 heterocycles. The maximum atomic E-state index is 13.1. The maximum Gasteiger partial charge on any atom is 0.257 e. The molecule has 0 radical (unpaired) electrons. The Morgan fingerprint density at radius 3 is 2.70 bits per heavy atom. The van der Waals surface area contributed by atoms with Gasteiger partial charge in [0.25, 0.3) is 5.91 Å². The predicted molar refractivity (Wildman–Crippen MR) is 76.5 cm³/mol. The molecule has 1 aliphatic rings. The molecule has 1 fully saturated rings. The third-order valence-corrected chi connectivity index (χ3v) is 3.72. The van der Waals surface area contributed by atoms with Gasteiger partial charge < -0.3 is 9.88 Å². The third-order valence-electron chi connectivity index (χ3n) is 3.72. The van der Waals surface area contributed by atoms with Crippen LogP contribution in [0.3, 0.4) is 0 Å². The lowest BCUT2D eigenvalue weighted by Gasteiger charge is -2.08. The highest BCUT2D eigenvalue weighted by molar-refractivity contribution is 6.05. The van der Waals surface area contributed by atoms with Gasteiger partial charge in [-0.3, -0.25) is 4.79 Å². The van der Waals surface area contributed by atoms with Crippen molar-refractivity contribution in [1.29, 1.82) is 0 Å². The summed E-state index contributed by atoms with van der Waals surface area (Å²) in [6.45, 7) is 3.98. The van der Waals surface area contributed by atoms with Crippen molar-refractivity contribution in [2.75, 3.05) is 5.32 Å². The second-order valence-electron chi connectivity index (χ2n) is 5.35. The molecule has 0 unspecified atom stereocenters. The van der Waals surface area contributed by atoms with Gasteiger partial charge in [-0.15, -0.1) is 0 Å². The highest BCUT2D eigenvalue weighted by Gasteiger charge is 2.28. The second-order valence-corrected chi connectivity index (χ2v) is 5.35. The van der Waals surface area contributed by atoms with E-state index in [4.69, 9.17) is 0 Å². The summed E-state index contributed by atoms with van der Waals surface area (Å²) in [5.74, 6) is -0.540. The monoisotopic (exact) mass is 272 g/mol. The summed E-state index contributed by atoms with van der Waals surface area (Å²) in [7, 11) is 0. The number of nitrogens with zero attached hydrogens (tertiary/aromatic N) is 1. The number of hydrogen-bond acceptors (Lipinski definition) is 1. The topological polar surface area (TPSA) is 34.0 Å². The molecular weight excluding hydrogens is 255 g/mol. The van der Waals surface area contributed by atoms with Crippen molar-refractivity contribution in [1.82, 2.24) is 4.57 Å². The van der Waals surface area contributed by atoms with E-state index >= 15 is 0 Å². The molecule has 0 saturated heterocycles. The zero-order chi connectivity index (χ0) is 14.3. The molecule has 0 aliphatic heterocycles. The quantitative estimate of drug-likeness (QED) is 0.905. The first-order valence-electron chi connectivity index (χ1n) is 6.81. The van der Waals surface area contributed by atoms with Gasteiger partial charge in [0.1, 0.15) is 5.82 Å². The first kappa shape index (κ1) is 12.9. The summed E-state index contributed by atoms with van der Waals surface area (Å²) in [5, 5.41) is 2.75. The van der Waals surface area contributed by atoms with Crippen LogP contribution >= 0.6 is 0 Å². The van der Waals surface area contributed by atoms with Gasteiger partial charge in [0.15, 0.2) is 0 Å². The Labute approximate surface area is 117 Å². The molecule has 2 aromatic rings. The van der Waals surface area contributed by atoms with Gasteiger partial charge in [0, 0.05) is 23.1 Å². The van der Waals surface area contributed by atoms with Crippen LogP contribution in [0.2, 0.25) is 0 Å². The molecule has 1 aromatic carbocycles. The lowest BCUT2D eigenvalue weighted by atomic mass is 10.2. The molecule has 3 rings (SSSR count). The standard InChI is InChI=1S/C16H17FN2O/c1-10-8-15(11(2)19(10)14-6-7-14)16(20)18-13-5-3-4-12(17)9-13/h3-5,8-9,14H,6-7H2,1-2H3,(H,18,20). The number of aryl methyl sites for hydroxylation is 1. The van der Waals surface area contributed by atoms with Crippen molar-refractivity contribution in [2.45, 2.75) is 32.7 Å². The average Bonchev–Trinajstić information content (AvgIpc) is 3.16. The van der Waals surface area contributed by atoms with E-state index in [2.05, 4.69) is 9.88 Å². The molecule has 3 nitrogen and oxygen atoms in total.